The minimum atomic E-state index is 0.916. The van der Waals surface area contributed by atoms with Crippen molar-refractivity contribution in [3.05, 3.63) is 54.1 Å². The summed E-state index contributed by atoms with van der Waals surface area (Å²) in [6, 6.07) is 16.7. The van der Waals surface area contributed by atoms with Gasteiger partial charge in [0.2, 0.25) is 0 Å². The zero-order valence-corrected chi connectivity index (χ0v) is 14.6. The molecular weight excluding hydrogens is 318 g/mol. The molecule has 0 radical (unpaired) electrons. The van der Waals surface area contributed by atoms with E-state index in [-0.39, 0.29) is 0 Å². The smallest absolute Gasteiger partial charge is 0.186 e. The van der Waals surface area contributed by atoms with Gasteiger partial charge in [0.25, 0.3) is 0 Å². The fourth-order valence-electron chi connectivity index (χ4n) is 3.08. The highest BCUT2D eigenvalue weighted by molar-refractivity contribution is 7.22. The van der Waals surface area contributed by atoms with Gasteiger partial charge in [0.05, 0.1) is 17.3 Å². The second-order valence-electron chi connectivity index (χ2n) is 6.08. The van der Waals surface area contributed by atoms with Gasteiger partial charge in [-0.2, -0.15) is 0 Å². The molecule has 1 aliphatic heterocycles. The number of piperazine rings is 1. The van der Waals surface area contributed by atoms with Gasteiger partial charge >= 0.3 is 0 Å². The normalized spacial score (nSPS) is 15.8. The van der Waals surface area contributed by atoms with Gasteiger partial charge in [-0.15, -0.1) is 0 Å². The molecule has 1 fully saturated rings. The molecule has 1 saturated heterocycles. The third-order valence-electron chi connectivity index (χ3n) is 4.49. The molecule has 4 rings (SSSR count). The molecule has 0 bridgehead atoms. The van der Waals surface area contributed by atoms with Crippen LogP contribution in [-0.4, -0.2) is 43.2 Å². The molecule has 5 heteroatoms. The highest BCUT2D eigenvalue weighted by Crippen LogP contribution is 2.29. The van der Waals surface area contributed by atoms with Crippen LogP contribution in [0.5, 0.6) is 5.75 Å². The van der Waals surface area contributed by atoms with Crippen LogP contribution in [-0.2, 0) is 6.54 Å². The Morgan fingerprint density at radius 2 is 1.75 bits per heavy atom. The quantitative estimate of drug-likeness (QED) is 0.726. The second kappa shape index (κ2) is 6.79. The zero-order valence-electron chi connectivity index (χ0n) is 13.8. The monoisotopic (exact) mass is 339 g/mol. The number of nitrogens with zero attached hydrogens (tertiary/aromatic N) is 3. The van der Waals surface area contributed by atoms with Crippen molar-refractivity contribution < 1.29 is 4.74 Å². The minimum absolute atomic E-state index is 0.916. The molecule has 0 N–H and O–H groups in total. The second-order valence-corrected chi connectivity index (χ2v) is 7.08. The minimum Gasteiger partial charge on any atom is -0.497 e. The van der Waals surface area contributed by atoms with Gasteiger partial charge in [-0.1, -0.05) is 35.6 Å². The van der Waals surface area contributed by atoms with Crippen molar-refractivity contribution in [2.24, 2.45) is 0 Å². The molecular formula is C19H21N3OS. The first-order chi connectivity index (χ1) is 11.8. The summed E-state index contributed by atoms with van der Waals surface area (Å²) in [7, 11) is 1.70. The van der Waals surface area contributed by atoms with Gasteiger partial charge in [-0.3, -0.25) is 4.90 Å². The molecule has 0 atom stereocenters. The SMILES string of the molecule is COc1ccc(CN2CCN(c3nc4ccccc4s3)CC2)cc1. The van der Waals surface area contributed by atoms with Gasteiger partial charge in [-0.05, 0) is 29.8 Å². The van der Waals surface area contributed by atoms with Crippen molar-refractivity contribution in [1.29, 1.82) is 0 Å². The van der Waals surface area contributed by atoms with E-state index in [0.717, 1.165) is 49.1 Å². The molecule has 24 heavy (non-hydrogen) atoms. The number of benzene rings is 2. The topological polar surface area (TPSA) is 28.6 Å². The van der Waals surface area contributed by atoms with E-state index in [2.05, 4.69) is 46.2 Å². The molecule has 1 aromatic heterocycles. The van der Waals surface area contributed by atoms with Crippen LogP contribution in [0.25, 0.3) is 10.2 Å². The molecule has 0 saturated carbocycles. The lowest BCUT2D eigenvalue weighted by Crippen LogP contribution is -2.45. The highest BCUT2D eigenvalue weighted by Gasteiger charge is 2.19. The Bertz CT molecular complexity index is 774. The molecule has 4 nitrogen and oxygen atoms in total. The molecule has 124 valence electrons. The number of fused-ring (bicyclic) bond motifs is 1. The van der Waals surface area contributed by atoms with E-state index >= 15 is 0 Å². The number of methoxy groups -OCH3 is 1. The van der Waals surface area contributed by atoms with Crippen molar-refractivity contribution >= 4 is 26.7 Å². The number of ether oxygens (including phenoxy) is 1. The Morgan fingerprint density at radius 1 is 1.00 bits per heavy atom. The Balaban J connectivity index is 1.37. The van der Waals surface area contributed by atoms with E-state index in [1.165, 1.54) is 10.3 Å². The summed E-state index contributed by atoms with van der Waals surface area (Å²) in [4.78, 5) is 9.69. The van der Waals surface area contributed by atoms with E-state index in [1.807, 2.05) is 12.1 Å². The largest absolute Gasteiger partial charge is 0.497 e. The summed E-state index contributed by atoms with van der Waals surface area (Å²) in [5.41, 5.74) is 2.45. The highest BCUT2D eigenvalue weighted by atomic mass is 32.1. The zero-order chi connectivity index (χ0) is 16.4. The summed E-state index contributed by atoms with van der Waals surface area (Å²) < 4.78 is 6.49. The Labute approximate surface area is 146 Å². The van der Waals surface area contributed by atoms with Crippen molar-refractivity contribution in [3.8, 4) is 5.75 Å². The molecule has 0 unspecified atom stereocenters. The predicted octanol–water partition coefficient (Wildman–Crippen LogP) is 3.63. The maximum atomic E-state index is 5.22. The van der Waals surface area contributed by atoms with Crippen molar-refractivity contribution in [2.45, 2.75) is 6.54 Å². The van der Waals surface area contributed by atoms with Crippen molar-refractivity contribution in [2.75, 3.05) is 38.2 Å². The average molecular weight is 339 g/mol. The van der Waals surface area contributed by atoms with Crippen molar-refractivity contribution in [1.82, 2.24) is 9.88 Å². The predicted molar refractivity (Wildman–Crippen MR) is 100 cm³/mol. The molecule has 0 aliphatic carbocycles. The van der Waals surface area contributed by atoms with Crippen LogP contribution < -0.4 is 9.64 Å². The Kier molecular flexibility index (Phi) is 4.36. The van der Waals surface area contributed by atoms with Gasteiger partial charge in [-0.25, -0.2) is 4.98 Å². The Morgan fingerprint density at radius 3 is 2.46 bits per heavy atom. The fraction of sp³-hybridized carbons (Fsp3) is 0.316. The van der Waals surface area contributed by atoms with E-state index in [1.54, 1.807) is 18.4 Å². The summed E-state index contributed by atoms with van der Waals surface area (Å²) in [5, 5.41) is 1.15. The first kappa shape index (κ1) is 15.4. The summed E-state index contributed by atoms with van der Waals surface area (Å²) >= 11 is 1.80. The van der Waals surface area contributed by atoms with Crippen LogP contribution in [0.3, 0.4) is 0 Å². The maximum absolute atomic E-state index is 5.22. The van der Waals surface area contributed by atoms with E-state index in [9.17, 15) is 0 Å². The third-order valence-corrected chi connectivity index (χ3v) is 5.59. The molecule has 1 aliphatic rings. The number of hydrogen-bond donors (Lipinski definition) is 0. The standard InChI is InChI=1S/C19H21N3OS/c1-23-16-8-6-15(7-9-16)14-21-10-12-22(13-11-21)19-20-17-4-2-3-5-18(17)24-19/h2-9H,10-14H2,1H3. The first-order valence-electron chi connectivity index (χ1n) is 8.27. The van der Waals surface area contributed by atoms with Crippen LogP contribution in [0.4, 0.5) is 5.13 Å². The van der Waals surface area contributed by atoms with Crippen LogP contribution in [0, 0.1) is 0 Å². The fourth-order valence-corrected chi connectivity index (χ4v) is 4.10. The number of aromatic nitrogens is 1. The number of para-hydroxylation sites is 1. The Hall–Kier alpha value is -2.11. The van der Waals surface area contributed by atoms with E-state index in [0.29, 0.717) is 0 Å². The molecule has 2 heterocycles. The van der Waals surface area contributed by atoms with Gasteiger partial charge in [0, 0.05) is 32.7 Å². The first-order valence-corrected chi connectivity index (χ1v) is 9.09. The number of thiazole rings is 1. The molecule has 3 aromatic rings. The average Bonchev–Trinajstić information content (AvgIpc) is 3.07. The molecule has 0 spiro atoms. The van der Waals surface area contributed by atoms with Gasteiger partial charge < -0.3 is 9.64 Å². The van der Waals surface area contributed by atoms with Crippen LogP contribution in [0.15, 0.2) is 48.5 Å². The summed E-state index contributed by atoms with van der Waals surface area (Å²) in [6.45, 7) is 5.22. The van der Waals surface area contributed by atoms with E-state index < -0.39 is 0 Å². The number of hydrogen-bond acceptors (Lipinski definition) is 5. The lowest BCUT2D eigenvalue weighted by Gasteiger charge is -2.34. The number of rotatable bonds is 4. The van der Waals surface area contributed by atoms with Crippen LogP contribution >= 0.6 is 11.3 Å². The summed E-state index contributed by atoms with van der Waals surface area (Å²) in [5.74, 6) is 0.916. The van der Waals surface area contributed by atoms with Gasteiger partial charge in [0.15, 0.2) is 5.13 Å². The van der Waals surface area contributed by atoms with Gasteiger partial charge in [0.1, 0.15) is 5.75 Å². The number of anilines is 1. The van der Waals surface area contributed by atoms with E-state index in [4.69, 9.17) is 9.72 Å². The lowest BCUT2D eigenvalue weighted by molar-refractivity contribution is 0.250. The molecule has 2 aromatic carbocycles. The van der Waals surface area contributed by atoms with Crippen LogP contribution in [0.1, 0.15) is 5.56 Å². The maximum Gasteiger partial charge on any atom is 0.186 e. The lowest BCUT2D eigenvalue weighted by atomic mass is 10.2. The van der Waals surface area contributed by atoms with Crippen molar-refractivity contribution in [3.63, 3.8) is 0 Å². The third kappa shape index (κ3) is 3.23. The van der Waals surface area contributed by atoms with Crippen LogP contribution in [0.2, 0.25) is 0 Å². The molecule has 0 amide bonds. The summed E-state index contributed by atoms with van der Waals surface area (Å²) in [6.07, 6.45) is 0.